The van der Waals surface area contributed by atoms with E-state index in [0.29, 0.717) is 6.42 Å². The van der Waals surface area contributed by atoms with Crippen molar-refractivity contribution < 1.29 is 4.79 Å². The Labute approximate surface area is 99.8 Å². The number of benzene rings is 1. The lowest BCUT2D eigenvalue weighted by Crippen LogP contribution is -2.31. The van der Waals surface area contributed by atoms with Gasteiger partial charge in [-0.15, -0.1) is 0 Å². The van der Waals surface area contributed by atoms with Crippen molar-refractivity contribution in [2.45, 2.75) is 19.4 Å². The van der Waals surface area contributed by atoms with Crippen molar-refractivity contribution in [3.63, 3.8) is 0 Å². The van der Waals surface area contributed by atoms with E-state index in [1.165, 1.54) is 0 Å². The summed E-state index contributed by atoms with van der Waals surface area (Å²) in [5.74, 6) is 0.0975. The summed E-state index contributed by atoms with van der Waals surface area (Å²) in [6, 6.07) is 7.83. The minimum atomic E-state index is -0.234. The number of carbonyl (C=O) groups excluding carboxylic acids is 1. The number of hydrogen-bond donors (Lipinski definition) is 3. The Hall–Kier alpha value is -1.26. The Kier molecular flexibility index (Phi) is 3.31. The predicted molar refractivity (Wildman–Crippen MR) is 68.6 cm³/mol. The number of thiol groups is 1. The first kappa shape index (κ1) is 11.2. The van der Waals surface area contributed by atoms with E-state index in [9.17, 15) is 4.79 Å². The van der Waals surface area contributed by atoms with Crippen molar-refractivity contribution >= 4 is 29.5 Å². The van der Waals surface area contributed by atoms with Gasteiger partial charge in [-0.25, -0.2) is 0 Å². The van der Waals surface area contributed by atoms with E-state index in [4.69, 9.17) is 0 Å². The number of fused-ring (bicyclic) bond motifs is 1. The largest absolute Gasteiger partial charge is 0.361 e. The average molecular weight is 234 g/mol. The Balaban J connectivity index is 2.30. The van der Waals surface area contributed by atoms with E-state index in [2.05, 4.69) is 28.6 Å². The second-order valence-corrected chi connectivity index (χ2v) is 4.11. The van der Waals surface area contributed by atoms with Gasteiger partial charge in [0.05, 0.1) is 6.04 Å². The lowest BCUT2D eigenvalue weighted by Gasteiger charge is -2.10. The number of nitrogens with one attached hydrogen (secondary N) is 2. The standard InChI is InChI=1S/C12H14N2OS/c1-8(15)12(14-16)6-9-7-13-11-5-3-2-4-10(9)11/h2-5,7,12-14,16H,6H2,1H3/t12-/m0/s1. The molecule has 0 radical (unpaired) electrons. The molecule has 0 aliphatic carbocycles. The van der Waals surface area contributed by atoms with Gasteiger partial charge in [0, 0.05) is 17.1 Å². The molecule has 3 nitrogen and oxygen atoms in total. The van der Waals surface area contributed by atoms with Crippen LogP contribution in [-0.4, -0.2) is 16.8 Å². The topological polar surface area (TPSA) is 44.9 Å². The molecule has 2 N–H and O–H groups in total. The molecular formula is C12H14N2OS. The van der Waals surface area contributed by atoms with Crippen molar-refractivity contribution in [2.75, 3.05) is 0 Å². The molecule has 1 atom stereocenters. The van der Waals surface area contributed by atoms with Gasteiger partial charge in [-0.1, -0.05) is 31.0 Å². The number of Topliss-reactive ketones (excluding diaryl/α,β-unsaturated/α-hetero) is 1. The number of aromatic nitrogens is 1. The fourth-order valence-electron chi connectivity index (χ4n) is 1.80. The van der Waals surface area contributed by atoms with Gasteiger partial charge < -0.3 is 4.98 Å². The summed E-state index contributed by atoms with van der Waals surface area (Å²) in [6.07, 6.45) is 2.61. The Morgan fingerprint density at radius 2 is 2.25 bits per heavy atom. The summed E-state index contributed by atoms with van der Waals surface area (Å²) in [6.45, 7) is 1.57. The zero-order chi connectivity index (χ0) is 11.5. The minimum absolute atomic E-state index is 0.0975. The van der Waals surface area contributed by atoms with E-state index >= 15 is 0 Å². The molecule has 4 heteroatoms. The Morgan fingerprint density at radius 1 is 1.50 bits per heavy atom. The van der Waals surface area contributed by atoms with Crippen LogP contribution < -0.4 is 4.72 Å². The van der Waals surface area contributed by atoms with Crippen LogP contribution in [0.25, 0.3) is 10.9 Å². The molecule has 0 saturated heterocycles. The third kappa shape index (κ3) is 2.13. The van der Waals surface area contributed by atoms with Gasteiger partial charge >= 0.3 is 0 Å². The monoisotopic (exact) mass is 234 g/mol. The summed E-state index contributed by atoms with van der Waals surface area (Å²) >= 11 is 3.98. The highest BCUT2D eigenvalue weighted by Gasteiger charge is 2.14. The lowest BCUT2D eigenvalue weighted by atomic mass is 10.0. The van der Waals surface area contributed by atoms with Gasteiger partial charge in [-0.05, 0) is 25.0 Å². The van der Waals surface area contributed by atoms with Gasteiger partial charge in [-0.2, -0.15) is 0 Å². The molecule has 2 aromatic rings. The summed E-state index contributed by atoms with van der Waals surface area (Å²) in [5, 5.41) is 1.16. The minimum Gasteiger partial charge on any atom is -0.361 e. The summed E-state index contributed by atoms with van der Waals surface area (Å²) in [7, 11) is 0. The normalized spacial score (nSPS) is 12.9. The molecule has 84 valence electrons. The molecule has 0 unspecified atom stereocenters. The van der Waals surface area contributed by atoms with Gasteiger partial charge in [-0.3, -0.25) is 9.52 Å². The highest BCUT2D eigenvalue weighted by Crippen LogP contribution is 2.19. The molecule has 0 aliphatic heterocycles. The van der Waals surface area contributed by atoms with Crippen LogP contribution in [0.3, 0.4) is 0 Å². The van der Waals surface area contributed by atoms with E-state index in [-0.39, 0.29) is 11.8 Å². The number of para-hydroxylation sites is 1. The molecular weight excluding hydrogens is 220 g/mol. The van der Waals surface area contributed by atoms with Crippen LogP contribution in [0.5, 0.6) is 0 Å². The second-order valence-electron chi connectivity index (χ2n) is 3.86. The van der Waals surface area contributed by atoms with Gasteiger partial charge in [0.15, 0.2) is 0 Å². The Morgan fingerprint density at radius 3 is 2.94 bits per heavy atom. The maximum atomic E-state index is 11.3. The molecule has 0 spiro atoms. The molecule has 0 saturated carbocycles. The van der Waals surface area contributed by atoms with E-state index < -0.39 is 0 Å². The number of H-pyrrole nitrogens is 1. The van der Waals surface area contributed by atoms with Crippen molar-refractivity contribution in [3.05, 3.63) is 36.0 Å². The van der Waals surface area contributed by atoms with E-state index in [1.54, 1.807) is 6.92 Å². The first-order valence-electron chi connectivity index (χ1n) is 5.17. The molecule has 0 aliphatic rings. The van der Waals surface area contributed by atoms with E-state index in [0.717, 1.165) is 16.5 Å². The number of hydrogen-bond acceptors (Lipinski definition) is 3. The van der Waals surface area contributed by atoms with E-state index in [1.807, 2.05) is 24.4 Å². The number of carbonyl (C=O) groups is 1. The molecule has 0 amide bonds. The summed E-state index contributed by atoms with van der Waals surface area (Å²) < 4.78 is 2.74. The zero-order valence-electron chi connectivity index (χ0n) is 9.03. The molecule has 1 aromatic heterocycles. The fraction of sp³-hybridized carbons (Fsp3) is 0.250. The highest BCUT2D eigenvalue weighted by atomic mass is 32.1. The predicted octanol–water partition coefficient (Wildman–Crippen LogP) is 2.10. The molecule has 0 bridgehead atoms. The van der Waals surface area contributed by atoms with Crippen LogP contribution in [0, 0.1) is 0 Å². The Bertz CT molecular complexity index is 506. The quantitative estimate of drug-likeness (QED) is 0.709. The van der Waals surface area contributed by atoms with Crippen LogP contribution >= 0.6 is 12.8 Å². The molecule has 1 aromatic carbocycles. The van der Waals surface area contributed by atoms with Crippen molar-refractivity contribution in [1.82, 2.24) is 9.71 Å². The molecule has 16 heavy (non-hydrogen) atoms. The van der Waals surface area contributed by atoms with Crippen molar-refractivity contribution in [2.24, 2.45) is 0 Å². The van der Waals surface area contributed by atoms with Crippen molar-refractivity contribution in [1.29, 1.82) is 0 Å². The average Bonchev–Trinajstić information content (AvgIpc) is 2.69. The van der Waals surface area contributed by atoms with Gasteiger partial charge in [0.2, 0.25) is 0 Å². The second kappa shape index (κ2) is 4.72. The van der Waals surface area contributed by atoms with Gasteiger partial charge in [0.1, 0.15) is 5.78 Å². The summed E-state index contributed by atoms with van der Waals surface area (Å²) in [4.78, 5) is 14.5. The van der Waals surface area contributed by atoms with Crippen LogP contribution in [0.15, 0.2) is 30.5 Å². The zero-order valence-corrected chi connectivity index (χ0v) is 9.92. The lowest BCUT2D eigenvalue weighted by molar-refractivity contribution is -0.118. The third-order valence-corrected chi connectivity index (χ3v) is 3.06. The molecule has 2 rings (SSSR count). The highest BCUT2D eigenvalue weighted by molar-refractivity contribution is 7.78. The molecule has 1 heterocycles. The number of aromatic amines is 1. The number of rotatable bonds is 4. The maximum absolute atomic E-state index is 11.3. The molecule has 0 fully saturated rings. The SMILES string of the molecule is CC(=O)[C@H](Cc1c[nH]c2ccccc12)NS. The van der Waals surface area contributed by atoms with Crippen LogP contribution in [0.4, 0.5) is 0 Å². The van der Waals surface area contributed by atoms with Gasteiger partial charge in [0.25, 0.3) is 0 Å². The first-order valence-corrected chi connectivity index (χ1v) is 5.62. The fourth-order valence-corrected chi connectivity index (χ4v) is 2.07. The van der Waals surface area contributed by atoms with Crippen LogP contribution in [0.1, 0.15) is 12.5 Å². The van der Waals surface area contributed by atoms with Crippen LogP contribution in [0.2, 0.25) is 0 Å². The first-order chi connectivity index (χ1) is 7.72. The maximum Gasteiger partial charge on any atom is 0.147 e. The smallest absolute Gasteiger partial charge is 0.147 e. The third-order valence-electron chi connectivity index (χ3n) is 2.75. The summed E-state index contributed by atoms with van der Waals surface area (Å²) in [5.41, 5.74) is 2.23. The van der Waals surface area contributed by atoms with Crippen LogP contribution in [-0.2, 0) is 11.2 Å². The number of ketones is 1. The van der Waals surface area contributed by atoms with Crippen molar-refractivity contribution in [3.8, 4) is 0 Å².